The van der Waals surface area contributed by atoms with Crippen molar-refractivity contribution in [1.82, 2.24) is 10.2 Å². The molecule has 4 bridgehead atoms. The van der Waals surface area contributed by atoms with Crippen LogP contribution < -0.4 is 5.32 Å². The lowest BCUT2D eigenvalue weighted by atomic mass is 9.55. The highest BCUT2D eigenvalue weighted by Crippen LogP contribution is 2.54. The largest absolute Gasteiger partial charge is 0.465 e. The van der Waals surface area contributed by atoms with Gasteiger partial charge in [0.1, 0.15) is 18.2 Å². The summed E-state index contributed by atoms with van der Waals surface area (Å²) in [5.41, 5.74) is 0.656. The zero-order valence-corrected chi connectivity index (χ0v) is 23.7. The third-order valence-electron chi connectivity index (χ3n) is 9.06. The maximum atomic E-state index is 14.3. The minimum absolute atomic E-state index is 0.0856. The summed E-state index contributed by atoms with van der Waals surface area (Å²) < 4.78 is 11.3. The van der Waals surface area contributed by atoms with Crippen LogP contribution in [-0.4, -0.2) is 54.2 Å². The van der Waals surface area contributed by atoms with Gasteiger partial charge in [0, 0.05) is 13.0 Å². The van der Waals surface area contributed by atoms with E-state index in [2.05, 4.69) is 5.32 Å². The summed E-state index contributed by atoms with van der Waals surface area (Å²) in [5.74, 6) is 1.59. The maximum Gasteiger partial charge on any atom is 0.408 e. The molecule has 0 radical (unpaired) electrons. The molecular weight excluding hydrogens is 504 g/mol. The quantitative estimate of drug-likeness (QED) is 0.393. The molecule has 0 aromatic heterocycles. The number of rotatable bonds is 11. The van der Waals surface area contributed by atoms with Gasteiger partial charge in [-0.25, -0.2) is 4.79 Å². The SMILES string of the molecule is CCOC(=O)CN(CCc1ccccc1)C(=O)C(C)(Cc1ccccc1)NC(=O)OC1C2CC3CC(C2)CC1C3. The highest BCUT2D eigenvalue weighted by atomic mass is 16.6. The summed E-state index contributed by atoms with van der Waals surface area (Å²) in [7, 11) is 0. The first-order valence-corrected chi connectivity index (χ1v) is 14.8. The maximum absolute atomic E-state index is 14.3. The van der Waals surface area contributed by atoms with Crippen LogP contribution in [0.2, 0.25) is 0 Å². The Balaban J connectivity index is 1.34. The molecule has 2 amide bonds. The predicted octanol–water partition coefficient (Wildman–Crippen LogP) is 5.17. The van der Waals surface area contributed by atoms with Gasteiger partial charge in [0.05, 0.1) is 6.61 Å². The van der Waals surface area contributed by atoms with Gasteiger partial charge in [0.25, 0.3) is 0 Å². The Morgan fingerprint density at radius 2 is 1.45 bits per heavy atom. The Labute approximate surface area is 237 Å². The second kappa shape index (κ2) is 12.4. The molecule has 1 atom stereocenters. The molecule has 6 rings (SSSR count). The molecule has 0 aliphatic heterocycles. The lowest BCUT2D eigenvalue weighted by Crippen LogP contribution is -2.61. The number of nitrogens with one attached hydrogen (secondary N) is 1. The van der Waals surface area contributed by atoms with E-state index in [-0.39, 0.29) is 31.6 Å². The van der Waals surface area contributed by atoms with Crippen molar-refractivity contribution >= 4 is 18.0 Å². The van der Waals surface area contributed by atoms with Crippen LogP contribution in [0.5, 0.6) is 0 Å². The molecule has 7 nitrogen and oxygen atoms in total. The summed E-state index contributed by atoms with van der Waals surface area (Å²) in [6, 6.07) is 19.5. The lowest BCUT2D eigenvalue weighted by molar-refractivity contribution is -0.151. The van der Waals surface area contributed by atoms with E-state index in [1.54, 1.807) is 13.8 Å². The normalized spacial score (nSPS) is 26.0. The Hall–Kier alpha value is -3.35. The molecule has 214 valence electrons. The van der Waals surface area contributed by atoms with E-state index in [0.717, 1.165) is 48.6 Å². The van der Waals surface area contributed by atoms with E-state index in [0.29, 0.717) is 24.8 Å². The van der Waals surface area contributed by atoms with Gasteiger partial charge >= 0.3 is 12.1 Å². The first-order chi connectivity index (χ1) is 19.3. The van der Waals surface area contributed by atoms with Crippen LogP contribution in [0, 0.1) is 23.7 Å². The Kier molecular flexibility index (Phi) is 8.77. The molecule has 2 aromatic carbocycles. The van der Waals surface area contributed by atoms with Gasteiger partial charge in [0.15, 0.2) is 0 Å². The third-order valence-corrected chi connectivity index (χ3v) is 9.06. The van der Waals surface area contributed by atoms with Gasteiger partial charge in [0.2, 0.25) is 5.91 Å². The van der Waals surface area contributed by atoms with E-state index in [1.807, 2.05) is 60.7 Å². The fourth-order valence-electron chi connectivity index (χ4n) is 7.50. The van der Waals surface area contributed by atoms with E-state index >= 15 is 0 Å². The first-order valence-electron chi connectivity index (χ1n) is 14.8. The third kappa shape index (κ3) is 6.68. The van der Waals surface area contributed by atoms with Crippen LogP contribution in [0.4, 0.5) is 4.79 Å². The molecule has 7 heteroatoms. The fourth-order valence-corrected chi connectivity index (χ4v) is 7.50. The zero-order chi connectivity index (χ0) is 28.1. The fraction of sp³-hybridized carbons (Fsp3) is 0.545. The number of benzene rings is 2. The van der Waals surface area contributed by atoms with E-state index in [1.165, 1.54) is 11.3 Å². The summed E-state index contributed by atoms with van der Waals surface area (Å²) in [6.45, 7) is 3.85. The average Bonchev–Trinajstić information content (AvgIpc) is 2.93. The molecule has 4 saturated carbocycles. The van der Waals surface area contributed by atoms with Crippen molar-refractivity contribution in [2.24, 2.45) is 23.7 Å². The molecule has 0 saturated heterocycles. The average molecular weight is 547 g/mol. The van der Waals surface area contributed by atoms with Crippen LogP contribution >= 0.6 is 0 Å². The van der Waals surface area contributed by atoms with E-state index in [9.17, 15) is 14.4 Å². The Morgan fingerprint density at radius 3 is 2.02 bits per heavy atom. The van der Waals surface area contributed by atoms with Crippen LogP contribution in [0.25, 0.3) is 0 Å². The van der Waals surface area contributed by atoms with Crippen molar-refractivity contribution in [1.29, 1.82) is 0 Å². The first kappa shape index (κ1) is 28.2. The number of hydrogen-bond acceptors (Lipinski definition) is 5. The van der Waals surface area contributed by atoms with Crippen LogP contribution in [0.1, 0.15) is 57.1 Å². The summed E-state index contributed by atoms with van der Waals surface area (Å²) in [4.78, 5) is 41.8. The molecule has 4 fully saturated rings. The molecule has 1 N–H and O–H groups in total. The van der Waals surface area contributed by atoms with Crippen molar-refractivity contribution in [3.8, 4) is 0 Å². The summed E-state index contributed by atoms with van der Waals surface area (Å²) in [5, 5.41) is 2.98. The smallest absolute Gasteiger partial charge is 0.408 e. The monoisotopic (exact) mass is 546 g/mol. The number of amides is 2. The minimum Gasteiger partial charge on any atom is -0.465 e. The number of ether oxygens (including phenoxy) is 2. The molecular formula is C33H42N2O5. The minimum atomic E-state index is -1.31. The van der Waals surface area contributed by atoms with Gasteiger partial charge < -0.3 is 19.7 Å². The van der Waals surface area contributed by atoms with Crippen LogP contribution in [0.15, 0.2) is 60.7 Å². The highest BCUT2D eigenvalue weighted by molar-refractivity contribution is 5.92. The van der Waals surface area contributed by atoms with E-state index in [4.69, 9.17) is 9.47 Å². The van der Waals surface area contributed by atoms with E-state index < -0.39 is 17.6 Å². The van der Waals surface area contributed by atoms with Crippen molar-refractivity contribution in [3.05, 3.63) is 71.8 Å². The standard InChI is InChI=1S/C33H42N2O5/c1-3-39-29(36)22-35(15-14-23-10-6-4-7-11-23)31(37)33(2,21-24-12-8-5-9-13-24)34-32(38)40-30-27-17-25-16-26(19-27)20-28(30)18-25/h4-13,25-28,30H,3,14-22H2,1-2H3,(H,34,38). The zero-order valence-electron chi connectivity index (χ0n) is 23.7. The second-order valence-corrected chi connectivity index (χ2v) is 12.2. The summed E-state index contributed by atoms with van der Waals surface area (Å²) >= 11 is 0. The second-order valence-electron chi connectivity index (χ2n) is 12.2. The van der Waals surface area contributed by atoms with Gasteiger partial charge in [-0.1, -0.05) is 60.7 Å². The number of carbonyl (C=O) groups is 3. The van der Waals surface area contributed by atoms with Crippen molar-refractivity contribution in [3.63, 3.8) is 0 Å². The number of esters is 1. The van der Waals surface area contributed by atoms with Gasteiger partial charge in [-0.3, -0.25) is 9.59 Å². The topological polar surface area (TPSA) is 84.9 Å². The highest BCUT2D eigenvalue weighted by Gasteiger charge is 2.50. The molecule has 40 heavy (non-hydrogen) atoms. The summed E-state index contributed by atoms with van der Waals surface area (Å²) in [6.07, 6.45) is 6.08. The number of alkyl carbamates (subject to hydrolysis) is 1. The molecule has 4 aliphatic carbocycles. The van der Waals surface area contributed by atoms with Crippen LogP contribution in [-0.2, 0) is 31.9 Å². The lowest BCUT2D eigenvalue weighted by Gasteiger charge is -2.53. The van der Waals surface area contributed by atoms with Gasteiger partial charge in [-0.15, -0.1) is 0 Å². The Morgan fingerprint density at radius 1 is 0.875 bits per heavy atom. The number of hydrogen-bond donors (Lipinski definition) is 1. The van der Waals surface area contributed by atoms with Crippen molar-refractivity contribution < 1.29 is 23.9 Å². The van der Waals surface area contributed by atoms with Crippen molar-refractivity contribution in [2.75, 3.05) is 19.7 Å². The van der Waals surface area contributed by atoms with Gasteiger partial charge in [-0.05, 0) is 87.2 Å². The molecule has 0 spiro atoms. The molecule has 0 heterocycles. The predicted molar refractivity (Wildman–Crippen MR) is 152 cm³/mol. The number of nitrogens with zero attached hydrogens (tertiary/aromatic N) is 1. The van der Waals surface area contributed by atoms with Crippen LogP contribution in [0.3, 0.4) is 0 Å². The van der Waals surface area contributed by atoms with Gasteiger partial charge in [-0.2, -0.15) is 0 Å². The number of carbonyl (C=O) groups excluding carboxylic acids is 3. The van der Waals surface area contributed by atoms with Crippen molar-refractivity contribution in [2.45, 2.75) is 70.4 Å². The molecule has 2 aromatic rings. The molecule has 1 unspecified atom stereocenters. The Bertz CT molecular complexity index is 1140. The molecule has 4 aliphatic rings.